The Morgan fingerprint density at radius 1 is 1.09 bits per heavy atom. The zero-order chi connectivity index (χ0) is 16.4. The Balaban J connectivity index is 2.01. The summed E-state index contributed by atoms with van der Waals surface area (Å²) >= 11 is 0. The average Bonchev–Trinajstić information content (AvgIpc) is 2.35. The zero-order valence-corrected chi connectivity index (χ0v) is 15.1. The van der Waals surface area contributed by atoms with Crippen molar-refractivity contribution in [1.82, 2.24) is 0 Å². The Bertz CT molecular complexity index is 470. The van der Waals surface area contributed by atoms with Crippen LogP contribution in [0.2, 0.25) is 0 Å². The van der Waals surface area contributed by atoms with Crippen molar-refractivity contribution < 1.29 is 9.84 Å². The molecule has 1 saturated heterocycles. The van der Waals surface area contributed by atoms with Crippen molar-refractivity contribution in [3.8, 4) is 0 Å². The lowest BCUT2D eigenvalue weighted by atomic mass is 9.44. The van der Waals surface area contributed by atoms with Gasteiger partial charge < -0.3 is 9.84 Å². The predicted molar refractivity (Wildman–Crippen MR) is 90.7 cm³/mol. The van der Waals surface area contributed by atoms with Crippen LogP contribution in [0.4, 0.5) is 0 Å². The molecule has 2 aliphatic carbocycles. The van der Waals surface area contributed by atoms with Gasteiger partial charge in [-0.3, -0.25) is 0 Å². The molecule has 0 bridgehead atoms. The van der Waals surface area contributed by atoms with E-state index in [9.17, 15) is 5.11 Å². The minimum atomic E-state index is -0.391. The van der Waals surface area contributed by atoms with E-state index in [-0.39, 0.29) is 23.0 Å². The summed E-state index contributed by atoms with van der Waals surface area (Å²) in [6.45, 7) is 15.6. The lowest BCUT2D eigenvalue weighted by molar-refractivity contribution is -0.283. The van der Waals surface area contributed by atoms with Gasteiger partial charge in [-0.1, -0.05) is 33.3 Å². The van der Waals surface area contributed by atoms with Crippen LogP contribution in [0.3, 0.4) is 0 Å². The van der Waals surface area contributed by atoms with Crippen LogP contribution in [0.5, 0.6) is 0 Å². The van der Waals surface area contributed by atoms with Crippen LogP contribution < -0.4 is 0 Å². The number of aliphatic hydroxyl groups is 1. The second-order valence-corrected chi connectivity index (χ2v) is 9.62. The van der Waals surface area contributed by atoms with Crippen molar-refractivity contribution in [2.75, 3.05) is 0 Å². The molecule has 6 atom stereocenters. The Hall–Kier alpha value is -0.340. The van der Waals surface area contributed by atoms with E-state index in [2.05, 4.69) is 41.2 Å². The smallest absolute Gasteiger partial charge is 0.0864 e. The Morgan fingerprint density at radius 3 is 2.41 bits per heavy atom. The second-order valence-electron chi connectivity index (χ2n) is 9.62. The summed E-state index contributed by atoms with van der Waals surface area (Å²) < 4.78 is 6.59. The van der Waals surface area contributed by atoms with Gasteiger partial charge in [0.1, 0.15) is 0 Å². The molecular formula is C20H34O2. The number of ether oxygens (including phenoxy) is 1. The van der Waals surface area contributed by atoms with E-state index in [1.165, 1.54) is 25.7 Å². The third-order valence-electron chi connectivity index (χ3n) is 7.47. The Morgan fingerprint density at radius 2 is 1.77 bits per heavy atom. The van der Waals surface area contributed by atoms with Gasteiger partial charge in [0.2, 0.25) is 0 Å². The maximum absolute atomic E-state index is 11.1. The number of hydrogen-bond acceptors (Lipinski definition) is 2. The van der Waals surface area contributed by atoms with E-state index >= 15 is 0 Å². The highest BCUT2D eigenvalue weighted by Gasteiger charge is 2.63. The Labute approximate surface area is 136 Å². The summed E-state index contributed by atoms with van der Waals surface area (Å²) in [5.41, 5.74) is -0.0404. The van der Waals surface area contributed by atoms with Crippen molar-refractivity contribution in [1.29, 1.82) is 0 Å². The number of fused-ring (bicyclic) bond motifs is 3. The van der Waals surface area contributed by atoms with E-state index in [0.717, 1.165) is 6.42 Å². The number of aliphatic hydroxyl groups excluding tert-OH is 1. The zero-order valence-electron chi connectivity index (χ0n) is 15.1. The van der Waals surface area contributed by atoms with Gasteiger partial charge in [-0.15, -0.1) is 6.58 Å². The fourth-order valence-electron chi connectivity index (χ4n) is 6.74. The summed E-state index contributed by atoms with van der Waals surface area (Å²) in [4.78, 5) is 0. The quantitative estimate of drug-likeness (QED) is 0.711. The molecule has 1 heterocycles. The third kappa shape index (κ3) is 2.21. The maximum Gasteiger partial charge on any atom is 0.0864 e. The number of hydrogen-bond donors (Lipinski definition) is 1. The summed E-state index contributed by atoms with van der Waals surface area (Å²) in [6.07, 6.45) is 8.38. The van der Waals surface area contributed by atoms with E-state index in [0.29, 0.717) is 17.8 Å². The molecule has 0 radical (unpaired) electrons. The molecule has 2 heteroatoms. The molecule has 0 spiro atoms. The molecule has 3 fully saturated rings. The van der Waals surface area contributed by atoms with Crippen molar-refractivity contribution >= 4 is 0 Å². The van der Waals surface area contributed by atoms with E-state index in [1.807, 2.05) is 6.08 Å². The van der Waals surface area contributed by atoms with Gasteiger partial charge in [0.05, 0.1) is 17.3 Å². The lowest BCUT2D eigenvalue weighted by Crippen LogP contribution is -2.66. The maximum atomic E-state index is 11.1. The summed E-state index contributed by atoms with van der Waals surface area (Å²) in [5, 5.41) is 11.1. The minimum absolute atomic E-state index is 0.191. The first-order valence-corrected chi connectivity index (χ1v) is 9.08. The predicted octanol–water partition coefficient (Wildman–Crippen LogP) is 4.71. The van der Waals surface area contributed by atoms with Crippen molar-refractivity contribution in [2.45, 2.75) is 90.4 Å². The summed E-state index contributed by atoms with van der Waals surface area (Å²) in [6, 6.07) is 0. The van der Waals surface area contributed by atoms with Gasteiger partial charge in [-0.2, -0.15) is 0 Å². The average molecular weight is 306 g/mol. The minimum Gasteiger partial charge on any atom is -0.393 e. The van der Waals surface area contributed by atoms with E-state index in [4.69, 9.17) is 4.74 Å². The van der Waals surface area contributed by atoms with Crippen LogP contribution in [0, 0.1) is 22.7 Å². The van der Waals surface area contributed by atoms with Crippen LogP contribution in [-0.4, -0.2) is 22.4 Å². The SMILES string of the molecule is C=C[C@@]1(C)C[C@@H](O)[C@@H]2[C@@]3(C)CCCC(C)(C)[C@@H]3CC[C@@]2(C)O1. The van der Waals surface area contributed by atoms with Crippen LogP contribution in [0.1, 0.15) is 73.1 Å². The van der Waals surface area contributed by atoms with E-state index in [1.54, 1.807) is 0 Å². The van der Waals surface area contributed by atoms with Crippen molar-refractivity contribution in [3.63, 3.8) is 0 Å². The van der Waals surface area contributed by atoms with Gasteiger partial charge in [-0.25, -0.2) is 0 Å². The topological polar surface area (TPSA) is 29.5 Å². The van der Waals surface area contributed by atoms with E-state index < -0.39 is 5.60 Å². The highest BCUT2D eigenvalue weighted by molar-refractivity contribution is 5.15. The molecule has 0 amide bonds. The molecule has 0 unspecified atom stereocenters. The Kier molecular flexibility index (Phi) is 3.63. The third-order valence-corrected chi connectivity index (χ3v) is 7.47. The first-order chi connectivity index (χ1) is 10.1. The molecule has 22 heavy (non-hydrogen) atoms. The number of rotatable bonds is 1. The van der Waals surface area contributed by atoms with Gasteiger partial charge >= 0.3 is 0 Å². The highest BCUT2D eigenvalue weighted by atomic mass is 16.5. The molecule has 2 nitrogen and oxygen atoms in total. The van der Waals surface area contributed by atoms with Gasteiger partial charge in [0, 0.05) is 12.3 Å². The second kappa shape index (κ2) is 4.83. The molecule has 3 rings (SSSR count). The summed E-state index contributed by atoms with van der Waals surface area (Å²) in [7, 11) is 0. The molecule has 1 aliphatic heterocycles. The van der Waals surface area contributed by atoms with Gasteiger partial charge in [-0.05, 0) is 56.3 Å². The van der Waals surface area contributed by atoms with Crippen LogP contribution in [0.15, 0.2) is 12.7 Å². The lowest BCUT2D eigenvalue weighted by Gasteiger charge is -2.66. The van der Waals surface area contributed by atoms with Crippen LogP contribution in [0.25, 0.3) is 0 Å². The van der Waals surface area contributed by atoms with Gasteiger partial charge in [0.15, 0.2) is 0 Å². The standard InChI is InChI=1S/C20H34O2/c1-7-18(4)13-14(21)16-19(5)11-8-10-17(2,3)15(19)9-12-20(16,6)22-18/h7,14-16,21H,1,8-13H2,2-6H3/t14-,15+,16-,18+,19+,20-/m1/s1. The monoisotopic (exact) mass is 306 g/mol. The molecule has 0 aromatic rings. The largest absolute Gasteiger partial charge is 0.393 e. The normalized spacial score (nSPS) is 54.2. The highest BCUT2D eigenvalue weighted by Crippen LogP contribution is 2.65. The van der Waals surface area contributed by atoms with Gasteiger partial charge in [0.25, 0.3) is 0 Å². The van der Waals surface area contributed by atoms with Crippen LogP contribution in [-0.2, 0) is 4.74 Å². The fraction of sp³-hybridized carbons (Fsp3) is 0.900. The van der Waals surface area contributed by atoms with Crippen LogP contribution >= 0.6 is 0 Å². The molecule has 1 N–H and O–H groups in total. The van der Waals surface area contributed by atoms with Crippen molar-refractivity contribution in [3.05, 3.63) is 12.7 Å². The fourth-order valence-corrected chi connectivity index (χ4v) is 6.74. The molecule has 0 aromatic carbocycles. The molecular weight excluding hydrogens is 272 g/mol. The molecule has 2 saturated carbocycles. The first kappa shape index (κ1) is 16.5. The molecule has 0 aromatic heterocycles. The summed E-state index contributed by atoms with van der Waals surface area (Å²) in [5.74, 6) is 0.935. The van der Waals surface area contributed by atoms with Crippen molar-refractivity contribution in [2.24, 2.45) is 22.7 Å². The molecule has 126 valence electrons. The first-order valence-electron chi connectivity index (χ1n) is 9.08. The molecule has 3 aliphatic rings.